The second-order valence-corrected chi connectivity index (χ2v) is 4.64. The van der Waals surface area contributed by atoms with Crippen molar-refractivity contribution in [2.24, 2.45) is 0 Å². The highest BCUT2D eigenvalue weighted by Crippen LogP contribution is 2.23. The molecule has 0 spiro atoms. The molecule has 1 amide bonds. The maximum Gasteiger partial charge on any atom is 0.254 e. The minimum atomic E-state index is 0.198. The van der Waals surface area contributed by atoms with Crippen molar-refractivity contribution in [3.8, 4) is 0 Å². The molecule has 0 radical (unpaired) electrons. The van der Waals surface area contributed by atoms with E-state index in [0.717, 1.165) is 25.2 Å². The van der Waals surface area contributed by atoms with Gasteiger partial charge in [0.25, 0.3) is 5.91 Å². The van der Waals surface area contributed by atoms with Crippen LogP contribution in [0.5, 0.6) is 0 Å². The summed E-state index contributed by atoms with van der Waals surface area (Å²) in [6, 6.07) is 8.42. The third kappa shape index (κ3) is 1.61. The van der Waals surface area contributed by atoms with Crippen LogP contribution in [0.2, 0.25) is 0 Å². The zero-order valence-electron chi connectivity index (χ0n) is 9.28. The van der Waals surface area contributed by atoms with E-state index in [0.29, 0.717) is 6.04 Å². The van der Waals surface area contributed by atoms with Gasteiger partial charge in [0.05, 0.1) is 0 Å². The summed E-state index contributed by atoms with van der Waals surface area (Å²) in [6.07, 6.45) is 2.43. The molecule has 2 aliphatic rings. The number of amides is 1. The van der Waals surface area contributed by atoms with Crippen molar-refractivity contribution in [3.63, 3.8) is 0 Å². The summed E-state index contributed by atoms with van der Waals surface area (Å²) in [5.41, 5.74) is 2.06. The number of carbonyl (C=O) groups excluding carboxylic acids is 1. The Morgan fingerprint density at radius 3 is 3.00 bits per heavy atom. The number of benzene rings is 1. The normalized spacial score (nSPS) is 23.9. The first-order valence-corrected chi connectivity index (χ1v) is 5.95. The zero-order valence-corrected chi connectivity index (χ0v) is 9.28. The summed E-state index contributed by atoms with van der Waals surface area (Å²) < 4.78 is 0. The lowest BCUT2D eigenvalue weighted by atomic mass is 10.1. The van der Waals surface area contributed by atoms with Crippen LogP contribution in [0.4, 0.5) is 0 Å². The van der Waals surface area contributed by atoms with Gasteiger partial charge >= 0.3 is 0 Å². The SMILES string of the molecule is O=C1c2ccccc2CN1CC1CCCN1. The third-order valence-corrected chi connectivity index (χ3v) is 3.50. The number of hydrogen-bond acceptors (Lipinski definition) is 2. The Hall–Kier alpha value is -1.35. The molecule has 2 heterocycles. The van der Waals surface area contributed by atoms with Crippen LogP contribution in [-0.4, -0.2) is 29.9 Å². The quantitative estimate of drug-likeness (QED) is 0.810. The molecule has 3 rings (SSSR count). The molecule has 84 valence electrons. The Kier molecular flexibility index (Phi) is 2.40. The van der Waals surface area contributed by atoms with Crippen molar-refractivity contribution < 1.29 is 4.79 Å². The fourth-order valence-corrected chi connectivity index (χ4v) is 2.64. The van der Waals surface area contributed by atoms with Crippen LogP contribution in [-0.2, 0) is 6.54 Å². The number of rotatable bonds is 2. The van der Waals surface area contributed by atoms with E-state index < -0.39 is 0 Å². The van der Waals surface area contributed by atoms with Crippen molar-refractivity contribution in [1.29, 1.82) is 0 Å². The maximum atomic E-state index is 12.1. The van der Waals surface area contributed by atoms with E-state index in [9.17, 15) is 4.79 Å². The van der Waals surface area contributed by atoms with E-state index in [1.807, 2.05) is 23.1 Å². The average molecular weight is 216 g/mol. The van der Waals surface area contributed by atoms with Gasteiger partial charge in [-0.05, 0) is 31.0 Å². The molecule has 2 aliphatic heterocycles. The fraction of sp³-hybridized carbons (Fsp3) is 0.462. The Labute approximate surface area is 95.4 Å². The van der Waals surface area contributed by atoms with Gasteiger partial charge in [0.15, 0.2) is 0 Å². The van der Waals surface area contributed by atoms with E-state index >= 15 is 0 Å². The molecular weight excluding hydrogens is 200 g/mol. The lowest BCUT2D eigenvalue weighted by Gasteiger charge is -2.20. The van der Waals surface area contributed by atoms with E-state index in [1.165, 1.54) is 18.4 Å². The first kappa shape index (κ1) is 9.85. The first-order valence-electron chi connectivity index (χ1n) is 5.95. The highest BCUT2D eigenvalue weighted by Gasteiger charge is 2.29. The molecule has 0 aromatic heterocycles. The molecule has 1 aromatic rings. The molecule has 3 heteroatoms. The molecule has 0 aliphatic carbocycles. The number of nitrogens with one attached hydrogen (secondary N) is 1. The van der Waals surface area contributed by atoms with Gasteiger partial charge in [0.1, 0.15) is 0 Å². The van der Waals surface area contributed by atoms with Crippen molar-refractivity contribution in [2.45, 2.75) is 25.4 Å². The average Bonchev–Trinajstić information content (AvgIpc) is 2.90. The molecule has 3 nitrogen and oxygen atoms in total. The molecule has 1 fully saturated rings. The van der Waals surface area contributed by atoms with Crippen molar-refractivity contribution in [3.05, 3.63) is 35.4 Å². The Balaban J connectivity index is 1.74. The van der Waals surface area contributed by atoms with Crippen LogP contribution in [0.1, 0.15) is 28.8 Å². The van der Waals surface area contributed by atoms with Gasteiger partial charge in [-0.2, -0.15) is 0 Å². The largest absolute Gasteiger partial charge is 0.333 e. The van der Waals surface area contributed by atoms with Crippen LogP contribution in [0.25, 0.3) is 0 Å². The molecule has 1 aromatic carbocycles. The monoisotopic (exact) mass is 216 g/mol. The van der Waals surface area contributed by atoms with E-state index in [2.05, 4.69) is 11.4 Å². The Morgan fingerprint density at radius 1 is 1.38 bits per heavy atom. The van der Waals surface area contributed by atoms with Gasteiger partial charge in [-0.25, -0.2) is 0 Å². The standard InChI is InChI=1S/C13H16N2O/c16-13-12-6-2-1-4-10(12)8-15(13)9-11-5-3-7-14-11/h1-2,4,6,11,14H,3,5,7-9H2. The highest BCUT2D eigenvalue weighted by atomic mass is 16.2. The lowest BCUT2D eigenvalue weighted by Crippen LogP contribution is -2.37. The fourth-order valence-electron chi connectivity index (χ4n) is 2.64. The van der Waals surface area contributed by atoms with Crippen LogP contribution in [0.3, 0.4) is 0 Å². The molecule has 16 heavy (non-hydrogen) atoms. The molecule has 0 saturated carbocycles. The van der Waals surface area contributed by atoms with E-state index in [1.54, 1.807) is 0 Å². The van der Waals surface area contributed by atoms with Gasteiger partial charge in [0.2, 0.25) is 0 Å². The van der Waals surface area contributed by atoms with E-state index in [4.69, 9.17) is 0 Å². The predicted molar refractivity (Wildman–Crippen MR) is 62.2 cm³/mol. The predicted octanol–water partition coefficient (Wildman–Crippen LogP) is 1.39. The minimum Gasteiger partial charge on any atom is -0.333 e. The third-order valence-electron chi connectivity index (χ3n) is 3.50. The number of fused-ring (bicyclic) bond motifs is 1. The van der Waals surface area contributed by atoms with Crippen molar-refractivity contribution >= 4 is 5.91 Å². The lowest BCUT2D eigenvalue weighted by molar-refractivity contribution is 0.0765. The smallest absolute Gasteiger partial charge is 0.254 e. The summed E-state index contributed by atoms with van der Waals surface area (Å²) >= 11 is 0. The van der Waals surface area contributed by atoms with Gasteiger partial charge in [-0.3, -0.25) is 4.79 Å². The molecule has 0 bridgehead atoms. The topological polar surface area (TPSA) is 32.3 Å². The molecular formula is C13H16N2O. The molecule has 1 saturated heterocycles. The van der Waals surface area contributed by atoms with Gasteiger partial charge in [-0.15, -0.1) is 0 Å². The number of carbonyl (C=O) groups is 1. The van der Waals surface area contributed by atoms with E-state index in [-0.39, 0.29) is 5.91 Å². The second kappa shape index (κ2) is 3.91. The van der Waals surface area contributed by atoms with Crippen LogP contribution < -0.4 is 5.32 Å². The summed E-state index contributed by atoms with van der Waals surface area (Å²) in [6.45, 7) is 2.74. The van der Waals surface area contributed by atoms with Crippen molar-refractivity contribution in [2.75, 3.05) is 13.1 Å². The van der Waals surface area contributed by atoms with Crippen LogP contribution in [0, 0.1) is 0 Å². The van der Waals surface area contributed by atoms with Gasteiger partial charge < -0.3 is 10.2 Å². The summed E-state index contributed by atoms with van der Waals surface area (Å²) in [4.78, 5) is 14.0. The van der Waals surface area contributed by atoms with Crippen LogP contribution >= 0.6 is 0 Å². The van der Waals surface area contributed by atoms with Gasteiger partial charge in [0, 0.05) is 24.7 Å². The minimum absolute atomic E-state index is 0.198. The molecule has 1 atom stereocenters. The zero-order chi connectivity index (χ0) is 11.0. The highest BCUT2D eigenvalue weighted by molar-refractivity contribution is 5.98. The number of hydrogen-bond donors (Lipinski definition) is 1. The molecule has 1 unspecified atom stereocenters. The van der Waals surface area contributed by atoms with Gasteiger partial charge in [-0.1, -0.05) is 18.2 Å². The summed E-state index contributed by atoms with van der Waals surface area (Å²) in [5.74, 6) is 0.198. The first-order chi connectivity index (χ1) is 7.84. The summed E-state index contributed by atoms with van der Waals surface area (Å²) in [5, 5.41) is 3.44. The number of nitrogens with zero attached hydrogens (tertiary/aromatic N) is 1. The maximum absolute atomic E-state index is 12.1. The Bertz CT molecular complexity index is 410. The van der Waals surface area contributed by atoms with Crippen LogP contribution in [0.15, 0.2) is 24.3 Å². The summed E-state index contributed by atoms with van der Waals surface area (Å²) in [7, 11) is 0. The molecule has 1 N–H and O–H groups in total. The Morgan fingerprint density at radius 2 is 2.25 bits per heavy atom. The van der Waals surface area contributed by atoms with Crippen molar-refractivity contribution in [1.82, 2.24) is 10.2 Å². The second-order valence-electron chi connectivity index (χ2n) is 4.64.